The van der Waals surface area contributed by atoms with E-state index in [0.29, 0.717) is 35.1 Å². The van der Waals surface area contributed by atoms with Gasteiger partial charge in [0.05, 0.1) is 11.1 Å². The summed E-state index contributed by atoms with van der Waals surface area (Å²) in [6.07, 6.45) is 2.41. The lowest BCUT2D eigenvalue weighted by Crippen LogP contribution is -2.39. The van der Waals surface area contributed by atoms with Gasteiger partial charge in [0, 0.05) is 53.0 Å². The number of carbonyl (C=O) groups excluding carboxylic acids is 3. The number of halogens is 1. The Balaban J connectivity index is 1.28. The second-order valence-corrected chi connectivity index (χ2v) is 9.63. The first kappa shape index (κ1) is 26.1. The smallest absolute Gasteiger partial charge is 0.261 e. The maximum Gasteiger partial charge on any atom is 0.261 e. The molecule has 0 unspecified atom stereocenters. The number of nitrogens with zero attached hydrogens (tertiary/aromatic N) is 4. The molecular formula is C28H26ClN7O3. The first-order chi connectivity index (χ1) is 18.8. The SMILES string of the molecule is Cc1cc(C)nc(NC(=NCCc2c[nH]c3ccc(Cl)cc23)NC(=O)CCN2C(=O)c3ccccc3C2=O)n1. The minimum absolute atomic E-state index is 0.0540. The standard InChI is InChI=1S/C28H26ClN7O3/c1-16-13-17(2)33-28(32-16)35-27(30-11-9-18-15-31-23-8-7-19(29)14-22(18)23)34-24(37)10-12-36-25(38)20-5-3-4-6-21(20)26(36)39/h3-8,13-15,31H,9-12H2,1-2H3,(H2,30,32,33,34,35,37). The van der Waals surface area contributed by atoms with Gasteiger partial charge in [0.15, 0.2) is 0 Å². The van der Waals surface area contributed by atoms with E-state index in [1.54, 1.807) is 24.3 Å². The third kappa shape index (κ3) is 5.80. The Hall–Kier alpha value is -4.57. The highest BCUT2D eigenvalue weighted by atomic mass is 35.5. The highest BCUT2D eigenvalue weighted by molar-refractivity contribution is 6.31. The summed E-state index contributed by atoms with van der Waals surface area (Å²) in [5.41, 5.74) is 4.22. The summed E-state index contributed by atoms with van der Waals surface area (Å²) < 4.78 is 0. The molecule has 0 radical (unpaired) electrons. The Morgan fingerprint density at radius 2 is 1.72 bits per heavy atom. The van der Waals surface area contributed by atoms with Gasteiger partial charge in [0.2, 0.25) is 17.8 Å². The normalized spacial score (nSPS) is 13.2. The van der Waals surface area contributed by atoms with Crippen molar-refractivity contribution in [3.05, 3.63) is 87.8 Å². The molecule has 11 heteroatoms. The molecule has 198 valence electrons. The highest BCUT2D eigenvalue weighted by Crippen LogP contribution is 2.23. The second kappa shape index (κ2) is 11.0. The Bertz CT molecular complexity index is 1570. The van der Waals surface area contributed by atoms with Crippen molar-refractivity contribution in [2.45, 2.75) is 26.7 Å². The number of hydrogen-bond acceptors (Lipinski definition) is 6. The van der Waals surface area contributed by atoms with Gasteiger partial charge in [-0.3, -0.25) is 34.9 Å². The zero-order valence-corrected chi connectivity index (χ0v) is 22.2. The van der Waals surface area contributed by atoms with Crippen molar-refractivity contribution >= 4 is 52.1 Å². The van der Waals surface area contributed by atoms with Crippen molar-refractivity contribution in [2.75, 3.05) is 18.4 Å². The van der Waals surface area contributed by atoms with Crippen LogP contribution in [0, 0.1) is 13.8 Å². The number of carbonyl (C=O) groups is 3. The number of fused-ring (bicyclic) bond motifs is 2. The first-order valence-corrected chi connectivity index (χ1v) is 12.8. The van der Waals surface area contributed by atoms with Crippen molar-refractivity contribution < 1.29 is 14.4 Å². The molecule has 3 amide bonds. The minimum atomic E-state index is -0.416. The van der Waals surface area contributed by atoms with Crippen LogP contribution in [-0.4, -0.2) is 56.6 Å². The summed E-state index contributed by atoms with van der Waals surface area (Å²) >= 11 is 6.17. The van der Waals surface area contributed by atoms with Crippen LogP contribution in [0.5, 0.6) is 0 Å². The van der Waals surface area contributed by atoms with E-state index in [4.69, 9.17) is 11.6 Å². The number of H-pyrrole nitrogens is 1. The van der Waals surface area contributed by atoms with Crippen molar-refractivity contribution in [2.24, 2.45) is 4.99 Å². The molecule has 10 nitrogen and oxygen atoms in total. The number of guanidine groups is 1. The molecule has 1 aliphatic heterocycles. The molecule has 2 aromatic carbocycles. The summed E-state index contributed by atoms with van der Waals surface area (Å²) in [7, 11) is 0. The highest BCUT2D eigenvalue weighted by Gasteiger charge is 2.35. The van der Waals surface area contributed by atoms with Crippen LogP contribution in [0.2, 0.25) is 5.02 Å². The molecule has 0 fully saturated rings. The van der Waals surface area contributed by atoms with E-state index < -0.39 is 17.7 Å². The van der Waals surface area contributed by atoms with E-state index in [0.717, 1.165) is 32.8 Å². The van der Waals surface area contributed by atoms with E-state index in [1.807, 2.05) is 44.3 Å². The molecule has 0 atom stereocenters. The number of imide groups is 1. The Morgan fingerprint density at radius 3 is 2.41 bits per heavy atom. The lowest BCUT2D eigenvalue weighted by Gasteiger charge is -2.15. The minimum Gasteiger partial charge on any atom is -0.361 e. The largest absolute Gasteiger partial charge is 0.361 e. The van der Waals surface area contributed by atoms with Crippen molar-refractivity contribution in [1.82, 2.24) is 25.2 Å². The lowest BCUT2D eigenvalue weighted by molar-refractivity contribution is -0.119. The number of aryl methyl sites for hydroxylation is 2. The fourth-order valence-electron chi connectivity index (χ4n) is 4.49. The number of hydrogen-bond donors (Lipinski definition) is 3. The zero-order valence-electron chi connectivity index (χ0n) is 21.4. The molecule has 1 aliphatic rings. The molecule has 0 saturated carbocycles. The van der Waals surface area contributed by atoms with E-state index in [2.05, 4.69) is 30.6 Å². The number of aromatic nitrogens is 3. The van der Waals surface area contributed by atoms with Gasteiger partial charge < -0.3 is 4.98 Å². The predicted molar refractivity (Wildman–Crippen MR) is 149 cm³/mol. The van der Waals surface area contributed by atoms with Crippen molar-refractivity contribution in [1.29, 1.82) is 0 Å². The van der Waals surface area contributed by atoms with Gasteiger partial charge >= 0.3 is 0 Å². The molecule has 0 bridgehead atoms. The average molecular weight is 544 g/mol. The van der Waals surface area contributed by atoms with Gasteiger partial charge in [0.1, 0.15) is 0 Å². The number of anilines is 1. The number of amides is 3. The topological polar surface area (TPSA) is 132 Å². The predicted octanol–water partition coefficient (Wildman–Crippen LogP) is 4.04. The van der Waals surface area contributed by atoms with Crippen LogP contribution in [-0.2, 0) is 11.2 Å². The van der Waals surface area contributed by atoms with Crippen LogP contribution < -0.4 is 10.6 Å². The monoisotopic (exact) mass is 543 g/mol. The van der Waals surface area contributed by atoms with Gasteiger partial charge in [-0.2, -0.15) is 0 Å². The van der Waals surface area contributed by atoms with Crippen LogP contribution in [0.3, 0.4) is 0 Å². The summed E-state index contributed by atoms with van der Waals surface area (Å²) in [6, 6.07) is 14.1. The first-order valence-electron chi connectivity index (χ1n) is 12.4. The maximum atomic E-state index is 12.9. The van der Waals surface area contributed by atoms with Crippen LogP contribution in [0.1, 0.15) is 44.1 Å². The number of nitrogens with one attached hydrogen (secondary N) is 3. The molecule has 39 heavy (non-hydrogen) atoms. The van der Waals surface area contributed by atoms with Crippen LogP contribution in [0.15, 0.2) is 59.7 Å². The fraction of sp³-hybridized carbons (Fsp3) is 0.214. The molecule has 2 aromatic heterocycles. The number of benzene rings is 2. The van der Waals surface area contributed by atoms with Crippen molar-refractivity contribution in [3.63, 3.8) is 0 Å². The molecule has 3 N–H and O–H groups in total. The van der Waals surface area contributed by atoms with Gasteiger partial charge in [0.25, 0.3) is 11.8 Å². The molecular weight excluding hydrogens is 518 g/mol. The van der Waals surface area contributed by atoms with Gasteiger partial charge in [-0.1, -0.05) is 23.7 Å². The number of rotatable bonds is 7. The fourth-order valence-corrected chi connectivity index (χ4v) is 4.67. The molecule has 0 saturated heterocycles. The van der Waals surface area contributed by atoms with E-state index in [-0.39, 0.29) is 18.9 Å². The lowest BCUT2D eigenvalue weighted by atomic mass is 10.1. The van der Waals surface area contributed by atoms with Crippen LogP contribution in [0.25, 0.3) is 10.9 Å². The molecule has 0 aliphatic carbocycles. The summed E-state index contributed by atoms with van der Waals surface area (Å²) in [4.78, 5) is 55.7. The number of aliphatic imine (C=N–C) groups is 1. The Labute approximate surface area is 229 Å². The third-order valence-electron chi connectivity index (χ3n) is 6.29. The Kier molecular flexibility index (Phi) is 7.38. The number of aromatic amines is 1. The maximum absolute atomic E-state index is 12.9. The molecule has 5 rings (SSSR count). The van der Waals surface area contributed by atoms with Gasteiger partial charge in [-0.25, -0.2) is 9.97 Å². The van der Waals surface area contributed by atoms with Crippen molar-refractivity contribution in [3.8, 4) is 0 Å². The molecule has 4 aromatic rings. The van der Waals surface area contributed by atoms with E-state index in [1.165, 1.54) is 0 Å². The third-order valence-corrected chi connectivity index (χ3v) is 6.53. The average Bonchev–Trinajstić information content (AvgIpc) is 3.40. The molecule has 3 heterocycles. The quantitative estimate of drug-likeness (QED) is 0.183. The molecule has 0 spiro atoms. The van der Waals surface area contributed by atoms with E-state index >= 15 is 0 Å². The second-order valence-electron chi connectivity index (χ2n) is 9.19. The van der Waals surface area contributed by atoms with Crippen LogP contribution in [0.4, 0.5) is 5.95 Å². The van der Waals surface area contributed by atoms with Crippen LogP contribution >= 0.6 is 11.6 Å². The Morgan fingerprint density at radius 1 is 1.03 bits per heavy atom. The van der Waals surface area contributed by atoms with Gasteiger partial charge in [-0.05, 0) is 62.2 Å². The summed E-state index contributed by atoms with van der Waals surface area (Å²) in [6.45, 7) is 3.99. The van der Waals surface area contributed by atoms with E-state index in [9.17, 15) is 14.4 Å². The van der Waals surface area contributed by atoms with Gasteiger partial charge in [-0.15, -0.1) is 0 Å². The summed E-state index contributed by atoms with van der Waals surface area (Å²) in [5, 5.41) is 7.40. The zero-order chi connectivity index (χ0) is 27.5. The summed E-state index contributed by atoms with van der Waals surface area (Å²) in [5.74, 6) is -0.757.